The van der Waals surface area contributed by atoms with Crippen LogP contribution in [0.5, 0.6) is 0 Å². The molecule has 1 aromatic rings. The van der Waals surface area contributed by atoms with Gasteiger partial charge in [-0.15, -0.1) is 0 Å². The van der Waals surface area contributed by atoms with Crippen molar-refractivity contribution in [2.45, 2.75) is 55.2 Å². The van der Waals surface area contributed by atoms with Gasteiger partial charge in [0.05, 0.1) is 21.7 Å². The predicted molar refractivity (Wildman–Crippen MR) is 99.7 cm³/mol. The fourth-order valence-corrected chi connectivity index (χ4v) is 8.20. The van der Waals surface area contributed by atoms with Gasteiger partial charge < -0.3 is 4.90 Å². The van der Waals surface area contributed by atoms with Crippen LogP contribution in [0.25, 0.3) is 0 Å². The third-order valence-electron chi connectivity index (χ3n) is 5.42. The zero-order valence-electron chi connectivity index (χ0n) is 14.9. The molecule has 2 atom stereocenters. The predicted octanol–water partition coefficient (Wildman–Crippen LogP) is 2.05. The largest absolute Gasteiger partial charge is 0.336 e. The van der Waals surface area contributed by atoms with E-state index in [1.54, 1.807) is 12.1 Å². The minimum Gasteiger partial charge on any atom is -0.336 e. The molecule has 0 saturated carbocycles. The Morgan fingerprint density at radius 2 is 1.85 bits per heavy atom. The number of rotatable bonds is 4. The Morgan fingerprint density at radius 1 is 1.15 bits per heavy atom. The van der Waals surface area contributed by atoms with Gasteiger partial charge in [-0.3, -0.25) is 4.79 Å². The van der Waals surface area contributed by atoms with Crippen molar-refractivity contribution in [2.24, 2.45) is 0 Å². The first-order chi connectivity index (χ1) is 12.2. The lowest BCUT2D eigenvalue weighted by Crippen LogP contribution is -2.43. The molecule has 0 aromatic heterocycles. The fraction of sp³-hybridized carbons (Fsp3) is 0.611. The maximum absolute atomic E-state index is 12.8. The monoisotopic (exact) mass is 399 g/mol. The number of carbonyl (C=O) groups excluding carboxylic acids is 1. The zero-order chi connectivity index (χ0) is 18.9. The van der Waals surface area contributed by atoms with E-state index in [-0.39, 0.29) is 34.8 Å². The first-order valence-corrected chi connectivity index (χ1v) is 12.5. The number of piperidine rings is 1. The average Bonchev–Trinajstić information content (AvgIpc) is 3.02. The van der Waals surface area contributed by atoms with Crippen LogP contribution in [0, 0.1) is 0 Å². The Hall–Kier alpha value is -1.41. The van der Waals surface area contributed by atoms with Crippen LogP contribution in [0.4, 0.5) is 0 Å². The standard InChI is InChI=1S/C18H25NO5S2/c1-2-15-5-3-4-11-19(15)18(20)14-6-8-16(9-7-14)26(23,24)17-10-12-25(21,22)13-17/h6-9,15,17H,2-5,10-13H2,1H3. The smallest absolute Gasteiger partial charge is 0.254 e. The maximum Gasteiger partial charge on any atom is 0.254 e. The highest BCUT2D eigenvalue weighted by atomic mass is 32.2. The summed E-state index contributed by atoms with van der Waals surface area (Å²) >= 11 is 0. The highest BCUT2D eigenvalue weighted by Gasteiger charge is 2.38. The van der Waals surface area contributed by atoms with Crippen LogP contribution in [-0.4, -0.2) is 57.0 Å². The van der Waals surface area contributed by atoms with Crippen molar-refractivity contribution in [1.82, 2.24) is 4.90 Å². The van der Waals surface area contributed by atoms with Gasteiger partial charge in [0.25, 0.3) is 5.91 Å². The van der Waals surface area contributed by atoms with Gasteiger partial charge in [-0.2, -0.15) is 0 Å². The molecular formula is C18H25NO5S2. The number of amides is 1. The molecule has 2 fully saturated rings. The number of hydrogen-bond donors (Lipinski definition) is 0. The summed E-state index contributed by atoms with van der Waals surface area (Å²) in [6.07, 6.45) is 4.17. The Kier molecular flexibility index (Phi) is 5.44. The summed E-state index contributed by atoms with van der Waals surface area (Å²) in [5.41, 5.74) is 0.475. The van der Waals surface area contributed by atoms with Gasteiger partial charge >= 0.3 is 0 Å². The van der Waals surface area contributed by atoms with E-state index in [1.165, 1.54) is 12.1 Å². The van der Waals surface area contributed by atoms with E-state index in [2.05, 4.69) is 6.92 Å². The first-order valence-electron chi connectivity index (χ1n) is 9.10. The lowest BCUT2D eigenvalue weighted by atomic mass is 9.99. The first kappa shape index (κ1) is 19.4. The van der Waals surface area contributed by atoms with Gasteiger partial charge in [0.1, 0.15) is 0 Å². The average molecular weight is 400 g/mol. The molecule has 0 bridgehead atoms. The normalized spacial score (nSPS) is 26.0. The van der Waals surface area contributed by atoms with Gasteiger partial charge in [-0.05, 0) is 56.4 Å². The summed E-state index contributed by atoms with van der Waals surface area (Å²) in [7, 11) is -6.97. The molecule has 8 heteroatoms. The summed E-state index contributed by atoms with van der Waals surface area (Å²) in [4.78, 5) is 14.7. The van der Waals surface area contributed by atoms with E-state index in [1.807, 2.05) is 4.90 Å². The molecule has 2 unspecified atom stereocenters. The second-order valence-electron chi connectivity index (χ2n) is 7.15. The van der Waals surface area contributed by atoms with Crippen LogP contribution in [0.1, 0.15) is 49.4 Å². The Labute approximate surface area is 155 Å². The highest BCUT2D eigenvalue weighted by molar-refractivity contribution is 7.96. The van der Waals surface area contributed by atoms with Crippen molar-refractivity contribution >= 4 is 25.6 Å². The molecule has 0 N–H and O–H groups in total. The Bertz CT molecular complexity index is 875. The molecule has 26 heavy (non-hydrogen) atoms. The van der Waals surface area contributed by atoms with Crippen LogP contribution in [0.15, 0.2) is 29.2 Å². The van der Waals surface area contributed by atoms with E-state index in [0.717, 1.165) is 32.2 Å². The van der Waals surface area contributed by atoms with Crippen LogP contribution in [-0.2, 0) is 19.7 Å². The summed E-state index contributed by atoms with van der Waals surface area (Å²) in [5, 5.41) is -0.888. The van der Waals surface area contributed by atoms with E-state index < -0.39 is 24.9 Å². The topological polar surface area (TPSA) is 88.6 Å². The quantitative estimate of drug-likeness (QED) is 0.773. The summed E-state index contributed by atoms with van der Waals surface area (Å²) in [5.74, 6) is -0.466. The second kappa shape index (κ2) is 7.31. The summed E-state index contributed by atoms with van der Waals surface area (Å²) in [6, 6.07) is 6.18. The van der Waals surface area contributed by atoms with E-state index >= 15 is 0 Å². The summed E-state index contributed by atoms with van der Waals surface area (Å²) in [6.45, 7) is 2.80. The van der Waals surface area contributed by atoms with Gasteiger partial charge in [0.15, 0.2) is 19.7 Å². The fourth-order valence-electron chi connectivity index (χ4n) is 3.84. The Morgan fingerprint density at radius 3 is 2.42 bits per heavy atom. The minimum atomic E-state index is -3.70. The van der Waals surface area contributed by atoms with Gasteiger partial charge in [0.2, 0.25) is 0 Å². The molecule has 0 aliphatic carbocycles. The number of hydrogen-bond acceptors (Lipinski definition) is 5. The third kappa shape index (κ3) is 3.81. The van der Waals surface area contributed by atoms with E-state index in [4.69, 9.17) is 0 Å². The molecule has 1 amide bonds. The molecule has 0 radical (unpaired) electrons. The lowest BCUT2D eigenvalue weighted by Gasteiger charge is -2.35. The van der Waals surface area contributed by atoms with Crippen LogP contribution < -0.4 is 0 Å². The molecule has 2 aliphatic heterocycles. The third-order valence-corrected chi connectivity index (χ3v) is 9.61. The van der Waals surface area contributed by atoms with E-state index in [9.17, 15) is 21.6 Å². The van der Waals surface area contributed by atoms with E-state index in [0.29, 0.717) is 5.56 Å². The number of likely N-dealkylation sites (tertiary alicyclic amines) is 1. The van der Waals surface area contributed by atoms with Crippen LogP contribution in [0.3, 0.4) is 0 Å². The molecule has 2 aliphatic rings. The van der Waals surface area contributed by atoms with Gasteiger partial charge in [-0.25, -0.2) is 16.8 Å². The van der Waals surface area contributed by atoms with Crippen LogP contribution in [0.2, 0.25) is 0 Å². The van der Waals surface area contributed by atoms with Crippen LogP contribution >= 0.6 is 0 Å². The maximum atomic E-state index is 12.8. The molecule has 144 valence electrons. The highest BCUT2D eigenvalue weighted by Crippen LogP contribution is 2.26. The summed E-state index contributed by atoms with van der Waals surface area (Å²) < 4.78 is 48.5. The molecule has 0 spiro atoms. The van der Waals surface area contributed by atoms with Crippen molar-refractivity contribution in [2.75, 3.05) is 18.1 Å². The number of sulfone groups is 2. The van der Waals surface area contributed by atoms with Crippen molar-refractivity contribution < 1.29 is 21.6 Å². The Balaban J connectivity index is 1.79. The second-order valence-corrected chi connectivity index (χ2v) is 11.6. The van der Waals surface area contributed by atoms with Crippen molar-refractivity contribution in [1.29, 1.82) is 0 Å². The molecule has 6 nitrogen and oxygen atoms in total. The molecular weight excluding hydrogens is 374 g/mol. The van der Waals surface area contributed by atoms with Crippen molar-refractivity contribution in [3.8, 4) is 0 Å². The van der Waals surface area contributed by atoms with Crippen molar-refractivity contribution in [3.63, 3.8) is 0 Å². The van der Waals surface area contributed by atoms with Crippen molar-refractivity contribution in [3.05, 3.63) is 29.8 Å². The SMILES string of the molecule is CCC1CCCCN1C(=O)c1ccc(S(=O)(=O)C2CCS(=O)(=O)C2)cc1. The molecule has 2 saturated heterocycles. The number of carbonyl (C=O) groups is 1. The minimum absolute atomic E-state index is 0.0658. The zero-order valence-corrected chi connectivity index (χ0v) is 16.6. The number of nitrogens with zero attached hydrogens (tertiary/aromatic N) is 1. The molecule has 3 rings (SSSR count). The number of benzene rings is 1. The molecule has 2 heterocycles. The van der Waals surface area contributed by atoms with Gasteiger partial charge in [0, 0.05) is 18.2 Å². The lowest BCUT2D eigenvalue weighted by molar-refractivity contribution is 0.0608. The van der Waals surface area contributed by atoms with Gasteiger partial charge in [-0.1, -0.05) is 6.92 Å². The molecule has 1 aromatic carbocycles.